The van der Waals surface area contributed by atoms with E-state index < -0.39 is 0 Å². The number of aliphatic hydroxyl groups is 1. The van der Waals surface area contributed by atoms with Crippen molar-refractivity contribution in [2.45, 2.75) is 25.8 Å². The van der Waals surface area contributed by atoms with E-state index >= 15 is 0 Å². The summed E-state index contributed by atoms with van der Waals surface area (Å²) < 4.78 is 5.53. The number of nitrogens with zero attached hydrogens (tertiary/aromatic N) is 1. The van der Waals surface area contributed by atoms with Gasteiger partial charge in [-0.3, -0.25) is 4.90 Å². The number of para-hydroxylation sites is 1. The van der Waals surface area contributed by atoms with E-state index in [0.717, 1.165) is 18.5 Å². The molecule has 3 nitrogen and oxygen atoms in total. The van der Waals surface area contributed by atoms with Gasteiger partial charge in [0.25, 0.3) is 0 Å². The Kier molecular flexibility index (Phi) is 3.73. The fourth-order valence-corrected chi connectivity index (χ4v) is 1.94. The van der Waals surface area contributed by atoms with Crippen LogP contribution in [0.2, 0.25) is 0 Å². The van der Waals surface area contributed by atoms with E-state index in [1.807, 2.05) is 45.4 Å². The smallest absolute Gasteiger partial charge is 0.134 e. The minimum Gasteiger partial charge on any atom is -0.464 e. The van der Waals surface area contributed by atoms with Crippen LogP contribution in [0.3, 0.4) is 0 Å². The minimum atomic E-state index is -0.181. The highest BCUT2D eigenvalue weighted by atomic mass is 16.3. The van der Waals surface area contributed by atoms with Crippen LogP contribution < -0.4 is 0 Å². The maximum atomic E-state index is 9.33. The van der Waals surface area contributed by atoms with E-state index in [4.69, 9.17) is 4.42 Å². The average Bonchev–Trinajstić information content (AvgIpc) is 2.79. The van der Waals surface area contributed by atoms with Crippen LogP contribution in [0.5, 0.6) is 0 Å². The van der Waals surface area contributed by atoms with Crippen LogP contribution in [-0.4, -0.2) is 35.7 Å². The number of hydrogen-bond acceptors (Lipinski definition) is 3. The molecule has 0 unspecified atom stereocenters. The molecule has 0 atom stereocenters. The molecule has 1 aromatic carbocycles. The van der Waals surface area contributed by atoms with Gasteiger partial charge >= 0.3 is 0 Å². The molecule has 1 aromatic heterocycles. The molecule has 0 saturated carbocycles. The van der Waals surface area contributed by atoms with E-state index in [1.165, 1.54) is 10.9 Å². The predicted molar refractivity (Wildman–Crippen MR) is 73.7 cm³/mol. The molecule has 0 spiro atoms. The van der Waals surface area contributed by atoms with Crippen molar-refractivity contribution in [1.29, 1.82) is 0 Å². The van der Waals surface area contributed by atoms with Gasteiger partial charge in [0, 0.05) is 17.5 Å². The molecule has 0 saturated heterocycles. The van der Waals surface area contributed by atoms with Crippen molar-refractivity contribution in [3.05, 3.63) is 36.1 Å². The van der Waals surface area contributed by atoms with Gasteiger partial charge < -0.3 is 9.52 Å². The third-order valence-corrected chi connectivity index (χ3v) is 3.70. The van der Waals surface area contributed by atoms with Crippen LogP contribution in [0.25, 0.3) is 11.0 Å². The Bertz CT molecular complexity index is 516. The second-order valence-electron chi connectivity index (χ2n) is 5.40. The molecule has 2 aromatic rings. The molecule has 1 N–H and O–H groups in total. The predicted octanol–water partition coefficient (Wildman–Crippen LogP) is 2.68. The summed E-state index contributed by atoms with van der Waals surface area (Å²) in [5.41, 5.74) is 1.99. The zero-order valence-electron chi connectivity index (χ0n) is 11.3. The Morgan fingerprint density at radius 2 is 2.00 bits per heavy atom. The first-order valence-electron chi connectivity index (χ1n) is 6.32. The van der Waals surface area contributed by atoms with Crippen molar-refractivity contribution >= 4 is 11.0 Å². The van der Waals surface area contributed by atoms with Gasteiger partial charge in [-0.15, -0.1) is 0 Å². The lowest BCUT2D eigenvalue weighted by atomic mass is 10.0. The highest BCUT2D eigenvalue weighted by Crippen LogP contribution is 2.22. The molecule has 0 fully saturated rings. The number of furan rings is 1. The maximum absolute atomic E-state index is 9.33. The number of aliphatic hydroxyl groups excluding tert-OH is 1. The van der Waals surface area contributed by atoms with Crippen molar-refractivity contribution in [3.63, 3.8) is 0 Å². The zero-order valence-corrected chi connectivity index (χ0v) is 11.3. The topological polar surface area (TPSA) is 36.6 Å². The summed E-state index contributed by atoms with van der Waals surface area (Å²) in [4.78, 5) is 2.18. The number of fused-ring (bicyclic) bond motifs is 1. The van der Waals surface area contributed by atoms with Gasteiger partial charge in [0.1, 0.15) is 5.58 Å². The highest BCUT2D eigenvalue weighted by molar-refractivity contribution is 5.80. The quantitative estimate of drug-likeness (QED) is 0.882. The summed E-state index contributed by atoms with van der Waals surface area (Å²) in [5, 5.41) is 10.5. The fourth-order valence-electron chi connectivity index (χ4n) is 1.94. The van der Waals surface area contributed by atoms with Crippen LogP contribution >= 0.6 is 0 Å². The van der Waals surface area contributed by atoms with E-state index in [0.29, 0.717) is 0 Å². The fraction of sp³-hybridized carbons (Fsp3) is 0.467. The van der Waals surface area contributed by atoms with Crippen LogP contribution in [0.15, 0.2) is 34.9 Å². The van der Waals surface area contributed by atoms with E-state index in [-0.39, 0.29) is 12.1 Å². The van der Waals surface area contributed by atoms with Crippen LogP contribution in [0, 0.1) is 0 Å². The first-order chi connectivity index (χ1) is 8.54. The summed E-state index contributed by atoms with van der Waals surface area (Å²) in [5.74, 6) is 0. The Morgan fingerprint density at radius 3 is 2.72 bits per heavy atom. The van der Waals surface area contributed by atoms with E-state index in [2.05, 4.69) is 11.0 Å². The molecule has 0 aliphatic heterocycles. The average molecular weight is 247 g/mol. The van der Waals surface area contributed by atoms with Crippen molar-refractivity contribution in [2.24, 2.45) is 0 Å². The summed E-state index contributed by atoms with van der Waals surface area (Å²) >= 11 is 0. The molecular formula is C15H21NO2. The molecule has 98 valence electrons. The molecular weight excluding hydrogens is 226 g/mol. The molecule has 0 bridgehead atoms. The molecule has 2 rings (SSSR count). The summed E-state index contributed by atoms with van der Waals surface area (Å²) in [6.45, 7) is 5.15. The molecule has 1 heterocycles. The second-order valence-corrected chi connectivity index (χ2v) is 5.40. The molecule has 0 radical (unpaired) electrons. The lowest BCUT2D eigenvalue weighted by molar-refractivity contribution is 0.0801. The monoisotopic (exact) mass is 247 g/mol. The van der Waals surface area contributed by atoms with E-state index in [9.17, 15) is 5.11 Å². The Morgan fingerprint density at radius 1 is 1.28 bits per heavy atom. The van der Waals surface area contributed by atoms with Gasteiger partial charge in [-0.1, -0.05) is 18.2 Å². The summed E-state index contributed by atoms with van der Waals surface area (Å²) in [6, 6.07) is 8.09. The number of hydrogen-bond donors (Lipinski definition) is 1. The van der Waals surface area contributed by atoms with E-state index in [1.54, 1.807) is 0 Å². The van der Waals surface area contributed by atoms with Gasteiger partial charge in [0.15, 0.2) is 0 Å². The molecule has 0 aliphatic rings. The largest absolute Gasteiger partial charge is 0.464 e. The van der Waals surface area contributed by atoms with Gasteiger partial charge in [-0.05, 0) is 38.9 Å². The van der Waals surface area contributed by atoms with Gasteiger partial charge in [-0.25, -0.2) is 0 Å². The van der Waals surface area contributed by atoms with Crippen molar-refractivity contribution in [2.75, 3.05) is 20.2 Å². The lowest BCUT2D eigenvalue weighted by Crippen LogP contribution is -2.45. The number of benzene rings is 1. The normalized spacial score (nSPS) is 12.5. The van der Waals surface area contributed by atoms with Gasteiger partial charge in [0.2, 0.25) is 0 Å². The standard InChI is InChI=1S/C15H21NO2/c1-15(2,11-17)16(3)9-8-12-10-18-14-7-5-4-6-13(12)14/h4-7,10,17H,8-9,11H2,1-3H3. The van der Waals surface area contributed by atoms with Crippen molar-refractivity contribution in [1.82, 2.24) is 4.90 Å². The maximum Gasteiger partial charge on any atom is 0.134 e. The van der Waals surface area contributed by atoms with Crippen molar-refractivity contribution < 1.29 is 9.52 Å². The summed E-state index contributed by atoms with van der Waals surface area (Å²) in [6.07, 6.45) is 2.77. The first-order valence-corrected chi connectivity index (χ1v) is 6.32. The Hall–Kier alpha value is -1.32. The Balaban J connectivity index is 2.07. The highest BCUT2D eigenvalue weighted by Gasteiger charge is 2.22. The van der Waals surface area contributed by atoms with Gasteiger partial charge in [0.05, 0.1) is 12.9 Å². The van der Waals surface area contributed by atoms with Crippen molar-refractivity contribution in [3.8, 4) is 0 Å². The number of rotatable bonds is 5. The lowest BCUT2D eigenvalue weighted by Gasteiger charge is -2.33. The third kappa shape index (κ3) is 2.57. The first kappa shape index (κ1) is 13.1. The van der Waals surface area contributed by atoms with Gasteiger partial charge in [-0.2, -0.15) is 0 Å². The number of likely N-dealkylation sites (N-methyl/N-ethyl adjacent to an activating group) is 1. The summed E-state index contributed by atoms with van der Waals surface area (Å²) in [7, 11) is 2.04. The van der Waals surface area contributed by atoms with Crippen LogP contribution in [0.1, 0.15) is 19.4 Å². The molecule has 3 heteroatoms. The van der Waals surface area contributed by atoms with Crippen LogP contribution in [-0.2, 0) is 6.42 Å². The molecule has 0 amide bonds. The second kappa shape index (κ2) is 5.12. The zero-order chi connectivity index (χ0) is 13.2. The van der Waals surface area contributed by atoms with Crippen LogP contribution in [0.4, 0.5) is 0 Å². The third-order valence-electron chi connectivity index (χ3n) is 3.70. The minimum absolute atomic E-state index is 0.162. The Labute approximate surface area is 108 Å². The SMILES string of the molecule is CN(CCc1coc2ccccc12)C(C)(C)CO. The molecule has 0 aliphatic carbocycles. The molecule has 18 heavy (non-hydrogen) atoms.